The predicted molar refractivity (Wildman–Crippen MR) is 108 cm³/mol. The first-order chi connectivity index (χ1) is 15.2. The van der Waals surface area contributed by atoms with E-state index in [0.29, 0.717) is 5.56 Å². The summed E-state index contributed by atoms with van der Waals surface area (Å²) in [5.74, 6) is -0.793. The largest absolute Gasteiger partial charge is 0.861 e. The second-order valence-electron chi connectivity index (χ2n) is 6.99. The quantitative estimate of drug-likeness (QED) is 0.266. The van der Waals surface area contributed by atoms with Gasteiger partial charge < -0.3 is 25.8 Å². The third-order valence-electron chi connectivity index (χ3n) is 4.79. The summed E-state index contributed by atoms with van der Waals surface area (Å²) in [6, 6.07) is 8.48. The third kappa shape index (κ3) is 4.53. The number of hydrogen-bond donors (Lipinski definition) is 3. The van der Waals surface area contributed by atoms with Crippen molar-refractivity contribution >= 4 is 33.2 Å². The van der Waals surface area contributed by atoms with Crippen molar-refractivity contribution in [1.29, 1.82) is 0 Å². The summed E-state index contributed by atoms with van der Waals surface area (Å²) < 4.78 is 38.8. The standard InChI is InChI=1S/C18H20N6O7S/c19-16-13-17(21-8-20-16)24(9-22-13)18-15(27)14(26)11(31-18)7-30-32(28,29)23-12(25)6-10-4-2-1-3-5-10/h1-5,8-9,11,14-15,18,26-27H,6-7H2,(H,23,25)(H2,19,20,21)/p-1/t11?,14-,15-,18?/m1/s1. The summed E-state index contributed by atoms with van der Waals surface area (Å²) in [6.45, 7) is -0.678. The maximum absolute atomic E-state index is 12.0. The fourth-order valence-electron chi connectivity index (χ4n) is 3.26. The van der Waals surface area contributed by atoms with E-state index >= 15 is 0 Å². The summed E-state index contributed by atoms with van der Waals surface area (Å²) in [5.41, 5.74) is 6.86. The molecule has 2 unspecified atom stereocenters. The van der Waals surface area contributed by atoms with E-state index < -0.39 is 47.3 Å². The van der Waals surface area contributed by atoms with E-state index in [1.807, 2.05) is 0 Å². The molecule has 0 amide bonds. The number of aliphatic hydroxyl groups excluding tert-OH is 2. The molecular formula is C18H19N6O7S-. The number of imidazole rings is 1. The lowest BCUT2D eigenvalue weighted by Crippen LogP contribution is -2.34. The van der Waals surface area contributed by atoms with Crippen LogP contribution in [0.5, 0.6) is 0 Å². The van der Waals surface area contributed by atoms with Crippen molar-refractivity contribution in [3.63, 3.8) is 0 Å². The molecule has 0 bridgehead atoms. The Labute approximate surface area is 182 Å². The van der Waals surface area contributed by atoms with Gasteiger partial charge in [-0.15, -0.1) is 0 Å². The number of aliphatic hydroxyl groups is 2. The summed E-state index contributed by atoms with van der Waals surface area (Å²) in [6.07, 6.45) is -3.03. The fraction of sp³-hybridized carbons (Fsp3) is 0.333. The summed E-state index contributed by atoms with van der Waals surface area (Å²) in [5, 5.41) is 32.6. The molecule has 4 rings (SSSR count). The molecular weight excluding hydrogens is 444 g/mol. The molecule has 0 aliphatic carbocycles. The van der Waals surface area contributed by atoms with Crippen LogP contribution < -0.4 is 10.8 Å². The zero-order chi connectivity index (χ0) is 22.9. The van der Waals surface area contributed by atoms with Gasteiger partial charge in [0.25, 0.3) is 0 Å². The number of aromatic nitrogens is 4. The molecule has 14 heteroatoms. The lowest BCUT2D eigenvalue weighted by atomic mass is 10.1. The molecule has 32 heavy (non-hydrogen) atoms. The Kier molecular flexibility index (Phi) is 6.03. The van der Waals surface area contributed by atoms with Gasteiger partial charge in [0, 0.05) is 6.42 Å². The van der Waals surface area contributed by atoms with Gasteiger partial charge in [-0.05, 0) is 11.5 Å². The molecule has 0 saturated carbocycles. The van der Waals surface area contributed by atoms with E-state index in [1.54, 1.807) is 30.3 Å². The molecule has 3 heterocycles. The Morgan fingerprint density at radius 3 is 2.72 bits per heavy atom. The van der Waals surface area contributed by atoms with Gasteiger partial charge in [-0.25, -0.2) is 19.1 Å². The van der Waals surface area contributed by atoms with E-state index in [9.17, 15) is 23.7 Å². The topological polar surface area (TPSA) is 198 Å². The van der Waals surface area contributed by atoms with E-state index in [0.717, 1.165) is 0 Å². The minimum atomic E-state index is -4.59. The van der Waals surface area contributed by atoms with Crippen LogP contribution in [0.3, 0.4) is 0 Å². The van der Waals surface area contributed by atoms with Crippen molar-refractivity contribution in [1.82, 2.24) is 19.5 Å². The maximum Gasteiger partial charge on any atom is 0.380 e. The minimum Gasteiger partial charge on any atom is -0.861 e. The second kappa shape index (κ2) is 8.76. The number of nitrogen functional groups attached to an aromatic ring is 1. The lowest BCUT2D eigenvalue weighted by molar-refractivity contribution is -0.217. The predicted octanol–water partition coefficient (Wildman–Crippen LogP) is -1.71. The number of nitrogens with two attached hydrogens (primary N) is 1. The average Bonchev–Trinajstić information content (AvgIpc) is 3.29. The van der Waals surface area contributed by atoms with Crippen LogP contribution in [0.4, 0.5) is 5.82 Å². The molecule has 0 radical (unpaired) electrons. The molecule has 1 saturated heterocycles. The summed E-state index contributed by atoms with van der Waals surface area (Å²) in [4.78, 5) is 11.9. The molecule has 1 aromatic carbocycles. The van der Waals surface area contributed by atoms with Gasteiger partial charge >= 0.3 is 10.3 Å². The zero-order valence-corrected chi connectivity index (χ0v) is 17.2. The van der Waals surface area contributed by atoms with Gasteiger partial charge in [0.2, 0.25) is 0 Å². The number of rotatable bonds is 7. The van der Waals surface area contributed by atoms with Gasteiger partial charge in [-0.3, -0.25) is 4.57 Å². The highest BCUT2D eigenvalue weighted by Gasteiger charge is 2.45. The highest BCUT2D eigenvalue weighted by Crippen LogP contribution is 2.32. The van der Waals surface area contributed by atoms with Crippen molar-refractivity contribution in [3.05, 3.63) is 48.5 Å². The molecule has 4 atom stereocenters. The van der Waals surface area contributed by atoms with Gasteiger partial charge in [-0.2, -0.15) is 12.8 Å². The summed E-state index contributed by atoms with van der Waals surface area (Å²) >= 11 is 0. The van der Waals surface area contributed by atoms with E-state index in [-0.39, 0.29) is 23.4 Å². The van der Waals surface area contributed by atoms with Crippen molar-refractivity contribution < 1.29 is 32.7 Å². The SMILES string of the molecule is Nc1ncnc2c1ncn2C1OC(COS(=O)(=O)/N=C(\[O-])Cc2ccccc2)[C@@H](O)[C@H]1O. The Morgan fingerprint density at radius 2 is 1.97 bits per heavy atom. The van der Waals surface area contributed by atoms with E-state index in [1.165, 1.54) is 17.2 Å². The molecule has 170 valence electrons. The van der Waals surface area contributed by atoms with Crippen molar-refractivity contribution in [3.8, 4) is 0 Å². The Hall–Kier alpha value is -3.17. The van der Waals surface area contributed by atoms with Gasteiger partial charge in [0.1, 0.15) is 30.2 Å². The van der Waals surface area contributed by atoms with Crippen molar-refractivity contribution in [2.24, 2.45) is 4.40 Å². The summed E-state index contributed by atoms with van der Waals surface area (Å²) in [7, 11) is -4.59. The van der Waals surface area contributed by atoms with Gasteiger partial charge in [-0.1, -0.05) is 30.3 Å². The minimum absolute atomic E-state index is 0.120. The van der Waals surface area contributed by atoms with Crippen LogP contribution in [0.1, 0.15) is 11.8 Å². The van der Waals surface area contributed by atoms with Crippen LogP contribution in [0.2, 0.25) is 0 Å². The molecule has 0 spiro atoms. The highest BCUT2D eigenvalue weighted by molar-refractivity contribution is 7.85. The molecule has 4 N–H and O–H groups in total. The first-order valence-electron chi connectivity index (χ1n) is 9.39. The smallest absolute Gasteiger partial charge is 0.380 e. The zero-order valence-electron chi connectivity index (χ0n) is 16.4. The lowest BCUT2D eigenvalue weighted by Gasteiger charge is -2.16. The maximum atomic E-state index is 12.0. The van der Waals surface area contributed by atoms with Crippen molar-refractivity contribution in [2.45, 2.75) is 31.0 Å². The third-order valence-corrected chi connectivity index (χ3v) is 5.65. The van der Waals surface area contributed by atoms with E-state index in [2.05, 4.69) is 19.3 Å². The second-order valence-corrected chi connectivity index (χ2v) is 8.26. The molecule has 3 aromatic rings. The van der Waals surface area contributed by atoms with Gasteiger partial charge in [0.15, 0.2) is 17.7 Å². The normalized spacial score (nSPS) is 24.2. The van der Waals surface area contributed by atoms with Crippen LogP contribution in [0.25, 0.3) is 11.2 Å². The van der Waals surface area contributed by atoms with Crippen LogP contribution >= 0.6 is 0 Å². The first kappa shape index (κ1) is 22.0. The molecule has 1 aliphatic rings. The highest BCUT2D eigenvalue weighted by atomic mass is 32.2. The monoisotopic (exact) mass is 463 g/mol. The number of benzene rings is 1. The number of fused-ring (bicyclic) bond motifs is 1. The van der Waals surface area contributed by atoms with Gasteiger partial charge in [0.05, 0.1) is 12.9 Å². The molecule has 1 aliphatic heterocycles. The molecule has 1 fully saturated rings. The number of nitrogens with zero attached hydrogens (tertiary/aromatic N) is 5. The fourth-order valence-corrected chi connectivity index (χ4v) is 3.93. The van der Waals surface area contributed by atoms with Crippen LogP contribution in [-0.4, -0.2) is 69.0 Å². The molecule has 2 aromatic heterocycles. The Balaban J connectivity index is 1.43. The average molecular weight is 463 g/mol. The molecule has 13 nitrogen and oxygen atoms in total. The van der Waals surface area contributed by atoms with Crippen LogP contribution in [0.15, 0.2) is 47.4 Å². The number of hydrogen-bond acceptors (Lipinski definition) is 11. The van der Waals surface area contributed by atoms with Crippen LogP contribution in [0, 0.1) is 0 Å². The Morgan fingerprint density at radius 1 is 1.22 bits per heavy atom. The van der Waals surface area contributed by atoms with Crippen LogP contribution in [-0.2, 0) is 25.6 Å². The van der Waals surface area contributed by atoms with E-state index in [4.69, 9.17) is 14.7 Å². The number of ether oxygens (including phenoxy) is 1. The first-order valence-corrected chi connectivity index (χ1v) is 10.8. The number of anilines is 1. The van der Waals surface area contributed by atoms with Crippen molar-refractivity contribution in [2.75, 3.05) is 12.3 Å². The Bertz CT molecular complexity index is 1230.